The molecule has 1 aliphatic heterocycles. The summed E-state index contributed by atoms with van der Waals surface area (Å²) in [4.78, 5) is 12.8. The van der Waals surface area contributed by atoms with E-state index in [0.717, 1.165) is 0 Å². The molecular formula is C21H26N2O6S. The van der Waals surface area contributed by atoms with Gasteiger partial charge in [0.2, 0.25) is 10.0 Å². The maximum absolute atomic E-state index is 13.1. The number of hydrogen-bond donors (Lipinski definition) is 1. The summed E-state index contributed by atoms with van der Waals surface area (Å²) in [7, 11) is -0.713. The normalized spacial score (nSPS) is 19.9. The largest absolute Gasteiger partial charge is 0.497 e. The molecule has 0 unspecified atom stereocenters. The monoisotopic (exact) mass is 434 g/mol. The molecule has 0 spiro atoms. The van der Waals surface area contributed by atoms with E-state index in [9.17, 15) is 13.2 Å². The highest BCUT2D eigenvalue weighted by Gasteiger charge is 2.32. The second kappa shape index (κ2) is 9.03. The van der Waals surface area contributed by atoms with E-state index in [-0.39, 0.29) is 35.8 Å². The lowest BCUT2D eigenvalue weighted by Crippen LogP contribution is -2.48. The number of carbonyl (C=O) groups is 1. The molecule has 2 atom stereocenters. The molecule has 2 aromatic carbocycles. The van der Waals surface area contributed by atoms with Gasteiger partial charge in [-0.25, -0.2) is 8.42 Å². The second-order valence-corrected chi connectivity index (χ2v) is 9.10. The Labute approximate surface area is 176 Å². The standard InChI is InChI=1S/C21H26N2O6S/c1-14-12-23(13-15(2)29-14)30(25,26)20-7-5-6-16(8-20)21(24)22-17-9-18(27-3)11-19(10-17)28-4/h5-11,14-15H,12-13H2,1-4H3,(H,22,24)/t14-,15+. The summed E-state index contributed by atoms with van der Waals surface area (Å²) in [5.74, 6) is 0.610. The van der Waals surface area contributed by atoms with Crippen molar-refractivity contribution in [2.24, 2.45) is 0 Å². The van der Waals surface area contributed by atoms with Crippen LogP contribution in [0.2, 0.25) is 0 Å². The van der Waals surface area contributed by atoms with E-state index in [4.69, 9.17) is 14.2 Å². The molecule has 162 valence electrons. The summed E-state index contributed by atoms with van der Waals surface area (Å²) in [5.41, 5.74) is 0.701. The third-order valence-electron chi connectivity index (χ3n) is 4.73. The SMILES string of the molecule is COc1cc(NC(=O)c2cccc(S(=O)(=O)N3C[C@@H](C)O[C@@H](C)C3)c2)cc(OC)c1. The summed E-state index contributed by atoms with van der Waals surface area (Å²) < 4.78 is 43.6. The van der Waals surface area contributed by atoms with Gasteiger partial charge in [-0.15, -0.1) is 0 Å². The van der Waals surface area contributed by atoms with Gasteiger partial charge >= 0.3 is 0 Å². The van der Waals surface area contributed by atoms with Gasteiger partial charge < -0.3 is 19.5 Å². The van der Waals surface area contributed by atoms with Gasteiger partial charge in [0.25, 0.3) is 5.91 Å². The van der Waals surface area contributed by atoms with Crippen LogP contribution in [0.1, 0.15) is 24.2 Å². The van der Waals surface area contributed by atoms with Crippen LogP contribution in [0, 0.1) is 0 Å². The zero-order chi connectivity index (χ0) is 21.9. The van der Waals surface area contributed by atoms with Crippen molar-refractivity contribution in [1.82, 2.24) is 4.31 Å². The van der Waals surface area contributed by atoms with Crippen LogP contribution in [0.15, 0.2) is 47.4 Å². The Hall–Kier alpha value is -2.62. The predicted molar refractivity (Wildman–Crippen MR) is 113 cm³/mol. The smallest absolute Gasteiger partial charge is 0.255 e. The molecule has 1 saturated heterocycles. The number of morpholine rings is 1. The summed E-state index contributed by atoms with van der Waals surface area (Å²) in [5, 5.41) is 2.75. The quantitative estimate of drug-likeness (QED) is 0.751. The molecule has 0 aliphatic carbocycles. The predicted octanol–water partition coefficient (Wildman–Crippen LogP) is 2.75. The fourth-order valence-electron chi connectivity index (χ4n) is 3.36. The van der Waals surface area contributed by atoms with Crippen molar-refractivity contribution in [3.63, 3.8) is 0 Å². The van der Waals surface area contributed by atoms with Crippen molar-refractivity contribution < 1.29 is 27.4 Å². The Morgan fingerprint density at radius 3 is 2.20 bits per heavy atom. The minimum atomic E-state index is -3.74. The minimum Gasteiger partial charge on any atom is -0.497 e. The fourth-order valence-corrected chi connectivity index (χ4v) is 4.99. The van der Waals surface area contributed by atoms with Crippen LogP contribution in [0.4, 0.5) is 5.69 Å². The van der Waals surface area contributed by atoms with Crippen LogP contribution in [-0.4, -0.2) is 58.1 Å². The van der Waals surface area contributed by atoms with Crippen LogP contribution >= 0.6 is 0 Å². The molecule has 1 fully saturated rings. The zero-order valence-corrected chi connectivity index (χ0v) is 18.2. The van der Waals surface area contributed by atoms with Crippen LogP contribution in [0.5, 0.6) is 11.5 Å². The van der Waals surface area contributed by atoms with Crippen molar-refractivity contribution in [2.45, 2.75) is 31.0 Å². The highest BCUT2D eigenvalue weighted by Crippen LogP contribution is 2.27. The number of anilines is 1. The first-order chi connectivity index (χ1) is 14.2. The molecule has 1 aliphatic rings. The Balaban J connectivity index is 1.84. The zero-order valence-electron chi connectivity index (χ0n) is 17.4. The van der Waals surface area contributed by atoms with E-state index in [2.05, 4.69) is 5.32 Å². The first kappa shape index (κ1) is 22.1. The van der Waals surface area contributed by atoms with Gasteiger partial charge in [0.05, 0.1) is 31.3 Å². The van der Waals surface area contributed by atoms with Gasteiger partial charge in [-0.05, 0) is 32.0 Å². The Morgan fingerprint density at radius 2 is 1.63 bits per heavy atom. The second-order valence-electron chi connectivity index (χ2n) is 7.16. The highest BCUT2D eigenvalue weighted by atomic mass is 32.2. The number of carbonyl (C=O) groups excluding carboxylic acids is 1. The molecular weight excluding hydrogens is 408 g/mol. The number of rotatable bonds is 6. The van der Waals surface area contributed by atoms with Crippen LogP contribution < -0.4 is 14.8 Å². The van der Waals surface area contributed by atoms with Crippen LogP contribution in [0.25, 0.3) is 0 Å². The summed E-state index contributed by atoms with van der Waals surface area (Å²) in [6, 6.07) is 11.0. The average molecular weight is 435 g/mol. The van der Waals surface area contributed by atoms with Crippen molar-refractivity contribution in [3.05, 3.63) is 48.0 Å². The van der Waals surface area contributed by atoms with Gasteiger partial charge in [-0.1, -0.05) is 6.07 Å². The molecule has 1 amide bonds. The molecule has 0 bridgehead atoms. The number of sulfonamides is 1. The Bertz CT molecular complexity index is 992. The van der Waals surface area contributed by atoms with Gasteiger partial charge in [-0.3, -0.25) is 4.79 Å². The lowest BCUT2D eigenvalue weighted by atomic mass is 10.2. The maximum atomic E-state index is 13.1. The first-order valence-corrected chi connectivity index (χ1v) is 11.0. The van der Waals surface area contributed by atoms with Crippen molar-refractivity contribution in [1.29, 1.82) is 0 Å². The van der Waals surface area contributed by atoms with E-state index in [1.165, 1.54) is 30.7 Å². The number of nitrogens with one attached hydrogen (secondary N) is 1. The molecule has 3 rings (SSSR count). The molecule has 2 aromatic rings. The van der Waals surface area contributed by atoms with E-state index >= 15 is 0 Å². The Morgan fingerprint density at radius 1 is 1.03 bits per heavy atom. The molecule has 0 saturated carbocycles. The van der Waals surface area contributed by atoms with Gasteiger partial charge in [0.1, 0.15) is 11.5 Å². The number of benzene rings is 2. The van der Waals surface area contributed by atoms with E-state index in [1.807, 2.05) is 13.8 Å². The fraction of sp³-hybridized carbons (Fsp3) is 0.381. The van der Waals surface area contributed by atoms with Gasteiger partial charge in [0.15, 0.2) is 0 Å². The third kappa shape index (κ3) is 4.92. The molecule has 9 heteroatoms. The molecule has 0 aromatic heterocycles. The van der Waals surface area contributed by atoms with Crippen molar-refractivity contribution >= 4 is 21.6 Å². The number of nitrogens with zero attached hydrogens (tertiary/aromatic N) is 1. The third-order valence-corrected chi connectivity index (χ3v) is 6.56. The number of amides is 1. The number of ether oxygens (including phenoxy) is 3. The minimum absolute atomic E-state index is 0.0691. The summed E-state index contributed by atoms with van der Waals surface area (Å²) >= 11 is 0. The Kier molecular flexibility index (Phi) is 6.64. The number of methoxy groups -OCH3 is 2. The van der Waals surface area contributed by atoms with Gasteiger partial charge in [-0.2, -0.15) is 4.31 Å². The van der Waals surface area contributed by atoms with Gasteiger partial charge in [0, 0.05) is 42.5 Å². The average Bonchev–Trinajstić information content (AvgIpc) is 2.72. The van der Waals surface area contributed by atoms with E-state index in [1.54, 1.807) is 30.3 Å². The number of hydrogen-bond acceptors (Lipinski definition) is 6. The van der Waals surface area contributed by atoms with Crippen LogP contribution in [0.3, 0.4) is 0 Å². The van der Waals surface area contributed by atoms with E-state index < -0.39 is 15.9 Å². The molecule has 1 heterocycles. The molecule has 0 radical (unpaired) electrons. The topological polar surface area (TPSA) is 94.2 Å². The maximum Gasteiger partial charge on any atom is 0.255 e. The molecule has 1 N–H and O–H groups in total. The summed E-state index contributed by atoms with van der Waals surface area (Å²) in [6.45, 7) is 4.22. The highest BCUT2D eigenvalue weighted by molar-refractivity contribution is 7.89. The molecule has 8 nitrogen and oxygen atoms in total. The molecule has 30 heavy (non-hydrogen) atoms. The van der Waals surface area contributed by atoms with Crippen molar-refractivity contribution in [3.8, 4) is 11.5 Å². The lowest BCUT2D eigenvalue weighted by molar-refractivity contribution is -0.0440. The van der Waals surface area contributed by atoms with E-state index in [0.29, 0.717) is 17.2 Å². The van der Waals surface area contributed by atoms with Crippen molar-refractivity contribution in [2.75, 3.05) is 32.6 Å². The first-order valence-electron chi connectivity index (χ1n) is 9.53. The van der Waals surface area contributed by atoms with Crippen LogP contribution in [-0.2, 0) is 14.8 Å². The summed E-state index contributed by atoms with van der Waals surface area (Å²) in [6.07, 6.45) is -0.393. The lowest BCUT2D eigenvalue weighted by Gasteiger charge is -2.34.